The third-order valence-corrected chi connectivity index (χ3v) is 5.53. The number of ether oxygens (including phenoxy) is 1. The third kappa shape index (κ3) is 5.29. The van der Waals surface area contributed by atoms with Gasteiger partial charge in [-0.05, 0) is 20.3 Å². The third-order valence-electron chi connectivity index (χ3n) is 4.69. The van der Waals surface area contributed by atoms with Crippen molar-refractivity contribution in [1.29, 1.82) is 0 Å². The standard InChI is InChI=1S/C17H30N6OS/c1-14-12-21(13-15(2)24-14)6-3-4-19-16(18)22-7-9-23(10-8-22)17-20-5-11-25-17/h5,11,14-15H,3-4,6-10,12-13H2,1-2H3,(H2,18,19). The Morgan fingerprint density at radius 1 is 1.28 bits per heavy atom. The highest BCUT2D eigenvalue weighted by Crippen LogP contribution is 2.18. The quantitative estimate of drug-likeness (QED) is 0.478. The van der Waals surface area contributed by atoms with Crippen molar-refractivity contribution in [3.63, 3.8) is 0 Å². The minimum atomic E-state index is 0.325. The number of aliphatic imine (C=N–C) groups is 1. The van der Waals surface area contributed by atoms with Crippen molar-refractivity contribution in [2.75, 3.05) is 57.3 Å². The summed E-state index contributed by atoms with van der Waals surface area (Å²) in [4.78, 5) is 15.9. The van der Waals surface area contributed by atoms with Crippen LogP contribution in [0.5, 0.6) is 0 Å². The minimum absolute atomic E-state index is 0.325. The van der Waals surface area contributed by atoms with Gasteiger partial charge < -0.3 is 20.3 Å². The summed E-state index contributed by atoms with van der Waals surface area (Å²) in [5, 5.41) is 3.12. The van der Waals surface area contributed by atoms with Crippen LogP contribution < -0.4 is 10.6 Å². The fraction of sp³-hybridized carbons (Fsp3) is 0.765. The van der Waals surface area contributed by atoms with Gasteiger partial charge in [0, 0.05) is 63.9 Å². The molecule has 0 bridgehead atoms. The number of hydrogen-bond acceptors (Lipinski definition) is 6. The molecule has 0 saturated carbocycles. The molecule has 140 valence electrons. The summed E-state index contributed by atoms with van der Waals surface area (Å²) >= 11 is 1.69. The van der Waals surface area contributed by atoms with Gasteiger partial charge in [-0.3, -0.25) is 9.89 Å². The van der Waals surface area contributed by atoms with Gasteiger partial charge in [0.05, 0.1) is 12.2 Å². The largest absolute Gasteiger partial charge is 0.373 e. The predicted molar refractivity (Wildman–Crippen MR) is 103 cm³/mol. The lowest BCUT2D eigenvalue weighted by atomic mass is 10.2. The molecule has 2 fully saturated rings. The van der Waals surface area contributed by atoms with Gasteiger partial charge in [-0.1, -0.05) is 0 Å². The Morgan fingerprint density at radius 3 is 2.64 bits per heavy atom. The van der Waals surface area contributed by atoms with E-state index in [1.54, 1.807) is 11.3 Å². The van der Waals surface area contributed by atoms with Crippen LogP contribution in [0.1, 0.15) is 20.3 Å². The topological polar surface area (TPSA) is 70.2 Å². The lowest BCUT2D eigenvalue weighted by Crippen LogP contribution is -2.51. The monoisotopic (exact) mass is 366 g/mol. The Morgan fingerprint density at radius 2 is 2.00 bits per heavy atom. The van der Waals surface area contributed by atoms with Crippen molar-refractivity contribution in [1.82, 2.24) is 14.8 Å². The molecule has 25 heavy (non-hydrogen) atoms. The van der Waals surface area contributed by atoms with Crippen LogP contribution in [-0.2, 0) is 4.74 Å². The molecule has 3 rings (SSSR count). The number of thiazole rings is 1. The highest BCUT2D eigenvalue weighted by Gasteiger charge is 2.22. The minimum Gasteiger partial charge on any atom is -0.373 e. The van der Waals surface area contributed by atoms with Crippen LogP contribution in [0.15, 0.2) is 16.6 Å². The number of guanidine groups is 1. The van der Waals surface area contributed by atoms with E-state index in [0.29, 0.717) is 18.2 Å². The van der Waals surface area contributed by atoms with E-state index >= 15 is 0 Å². The Labute approximate surface area is 154 Å². The molecule has 2 atom stereocenters. The number of anilines is 1. The Balaban J connectivity index is 1.36. The fourth-order valence-electron chi connectivity index (χ4n) is 3.55. The average molecular weight is 367 g/mol. The fourth-order valence-corrected chi connectivity index (χ4v) is 4.25. The first-order valence-electron chi connectivity index (χ1n) is 9.19. The van der Waals surface area contributed by atoms with Gasteiger partial charge in [-0.25, -0.2) is 4.98 Å². The maximum atomic E-state index is 6.19. The zero-order chi connectivity index (χ0) is 17.6. The summed E-state index contributed by atoms with van der Waals surface area (Å²) in [7, 11) is 0. The second kappa shape index (κ2) is 8.82. The van der Waals surface area contributed by atoms with Crippen molar-refractivity contribution >= 4 is 22.4 Å². The lowest BCUT2D eigenvalue weighted by Gasteiger charge is -2.35. The molecule has 2 aliphatic rings. The zero-order valence-electron chi connectivity index (χ0n) is 15.3. The second-order valence-corrected chi connectivity index (χ2v) is 7.77. The molecular formula is C17H30N6OS. The lowest BCUT2D eigenvalue weighted by molar-refractivity contribution is -0.0679. The predicted octanol–water partition coefficient (Wildman–Crippen LogP) is 1.08. The molecule has 0 aliphatic carbocycles. The van der Waals surface area contributed by atoms with E-state index in [2.05, 4.69) is 38.5 Å². The smallest absolute Gasteiger partial charge is 0.191 e. The van der Waals surface area contributed by atoms with Crippen LogP contribution in [0.3, 0.4) is 0 Å². The number of hydrogen-bond donors (Lipinski definition) is 1. The average Bonchev–Trinajstić information content (AvgIpc) is 3.12. The Kier molecular flexibility index (Phi) is 6.50. The van der Waals surface area contributed by atoms with E-state index < -0.39 is 0 Å². The Hall–Kier alpha value is -1.38. The van der Waals surface area contributed by atoms with E-state index in [4.69, 9.17) is 10.5 Å². The summed E-state index contributed by atoms with van der Waals surface area (Å²) < 4.78 is 5.77. The van der Waals surface area contributed by atoms with Gasteiger partial charge in [0.1, 0.15) is 0 Å². The van der Waals surface area contributed by atoms with E-state index in [-0.39, 0.29) is 0 Å². The summed E-state index contributed by atoms with van der Waals surface area (Å²) in [6.45, 7) is 11.9. The number of nitrogens with two attached hydrogens (primary N) is 1. The molecule has 0 aromatic carbocycles. The summed E-state index contributed by atoms with van der Waals surface area (Å²) in [5.41, 5.74) is 6.19. The van der Waals surface area contributed by atoms with Gasteiger partial charge in [0.25, 0.3) is 0 Å². The van der Waals surface area contributed by atoms with E-state index in [1.165, 1.54) is 0 Å². The summed E-state index contributed by atoms with van der Waals surface area (Å²) in [6.07, 6.45) is 3.55. The van der Waals surface area contributed by atoms with Crippen LogP contribution in [-0.4, -0.2) is 85.3 Å². The van der Waals surface area contributed by atoms with Crippen molar-refractivity contribution in [3.05, 3.63) is 11.6 Å². The molecular weight excluding hydrogens is 336 g/mol. The molecule has 2 aliphatic heterocycles. The molecule has 2 unspecified atom stereocenters. The molecule has 2 N–H and O–H groups in total. The number of nitrogens with zero attached hydrogens (tertiary/aromatic N) is 5. The summed E-state index contributed by atoms with van der Waals surface area (Å²) in [6, 6.07) is 0. The molecule has 0 radical (unpaired) electrons. The van der Waals surface area contributed by atoms with Crippen LogP contribution >= 0.6 is 11.3 Å². The van der Waals surface area contributed by atoms with Crippen molar-refractivity contribution in [2.24, 2.45) is 10.7 Å². The molecule has 1 aromatic rings. The van der Waals surface area contributed by atoms with Gasteiger partial charge in [-0.15, -0.1) is 11.3 Å². The highest BCUT2D eigenvalue weighted by atomic mass is 32.1. The normalized spacial score (nSPS) is 26.2. The number of morpholine rings is 1. The molecule has 7 nitrogen and oxygen atoms in total. The van der Waals surface area contributed by atoms with E-state index in [9.17, 15) is 0 Å². The van der Waals surface area contributed by atoms with Crippen LogP contribution in [0.2, 0.25) is 0 Å². The van der Waals surface area contributed by atoms with E-state index in [0.717, 1.165) is 63.9 Å². The van der Waals surface area contributed by atoms with Crippen molar-refractivity contribution in [3.8, 4) is 0 Å². The molecule has 0 spiro atoms. The Bertz CT molecular complexity index is 533. The molecule has 0 amide bonds. The molecule has 3 heterocycles. The van der Waals surface area contributed by atoms with Gasteiger partial charge in [-0.2, -0.15) is 0 Å². The van der Waals surface area contributed by atoms with Crippen molar-refractivity contribution < 1.29 is 4.74 Å². The van der Waals surface area contributed by atoms with Crippen molar-refractivity contribution in [2.45, 2.75) is 32.5 Å². The second-order valence-electron chi connectivity index (χ2n) is 6.90. The zero-order valence-corrected chi connectivity index (χ0v) is 16.1. The number of aromatic nitrogens is 1. The summed E-state index contributed by atoms with van der Waals surface area (Å²) in [5.74, 6) is 0.683. The van der Waals surface area contributed by atoms with Gasteiger partial charge >= 0.3 is 0 Å². The van der Waals surface area contributed by atoms with Gasteiger partial charge in [0.2, 0.25) is 0 Å². The first-order valence-corrected chi connectivity index (χ1v) is 10.1. The van der Waals surface area contributed by atoms with Gasteiger partial charge in [0.15, 0.2) is 11.1 Å². The first kappa shape index (κ1) is 18.4. The van der Waals surface area contributed by atoms with Crippen LogP contribution in [0.4, 0.5) is 5.13 Å². The maximum absolute atomic E-state index is 6.19. The number of rotatable bonds is 5. The SMILES string of the molecule is CC1CN(CCCN=C(N)N2CCN(c3nccs3)CC2)CC(C)O1. The molecule has 2 saturated heterocycles. The molecule has 8 heteroatoms. The first-order chi connectivity index (χ1) is 12.1. The molecule has 1 aromatic heterocycles. The highest BCUT2D eigenvalue weighted by molar-refractivity contribution is 7.13. The van der Waals surface area contributed by atoms with E-state index in [1.807, 2.05) is 11.6 Å². The van der Waals surface area contributed by atoms with Crippen LogP contribution in [0.25, 0.3) is 0 Å². The maximum Gasteiger partial charge on any atom is 0.191 e. The van der Waals surface area contributed by atoms with Crippen LogP contribution in [0, 0.1) is 0 Å². The number of piperazine rings is 1.